The van der Waals surface area contributed by atoms with Gasteiger partial charge in [0.25, 0.3) is 0 Å². The Kier molecular flexibility index (Phi) is 4.33. The lowest BCUT2D eigenvalue weighted by Gasteiger charge is -2.27. The van der Waals surface area contributed by atoms with Crippen LogP contribution in [0.15, 0.2) is 24.3 Å². The highest BCUT2D eigenvalue weighted by molar-refractivity contribution is 5.79. The molecule has 2 unspecified atom stereocenters. The molecule has 0 aromatic heterocycles. The fraction of sp³-hybridized carbons (Fsp3) is 0.562. The van der Waals surface area contributed by atoms with Gasteiger partial charge in [0.2, 0.25) is 5.91 Å². The van der Waals surface area contributed by atoms with Crippen LogP contribution in [0.2, 0.25) is 0 Å². The molecule has 108 valence electrons. The standard InChI is InChI=1S/C16H22N2O2/c19-16(18-11-15-10-17-7-8-20-15)14-6-5-12-3-1-2-4-13(12)9-14/h1-4,14-15,17H,5-11H2,(H,18,19). The Morgan fingerprint density at radius 2 is 2.20 bits per heavy atom. The Balaban J connectivity index is 1.51. The largest absolute Gasteiger partial charge is 0.374 e. The van der Waals surface area contributed by atoms with Gasteiger partial charge in [0.1, 0.15) is 0 Å². The molecule has 0 radical (unpaired) electrons. The molecule has 1 fully saturated rings. The van der Waals surface area contributed by atoms with Crippen molar-refractivity contribution in [2.24, 2.45) is 5.92 Å². The first kappa shape index (κ1) is 13.6. The normalized spacial score (nSPS) is 25.8. The SMILES string of the molecule is O=C(NCC1CNCCO1)C1CCc2ccccc2C1. The van der Waals surface area contributed by atoms with Gasteiger partial charge in [0.15, 0.2) is 0 Å². The van der Waals surface area contributed by atoms with Crippen molar-refractivity contribution in [3.63, 3.8) is 0 Å². The molecule has 0 saturated carbocycles. The zero-order chi connectivity index (χ0) is 13.8. The molecule has 1 aromatic rings. The number of morpholine rings is 1. The fourth-order valence-electron chi connectivity index (χ4n) is 3.03. The van der Waals surface area contributed by atoms with Crippen LogP contribution in [-0.2, 0) is 22.4 Å². The fourth-order valence-corrected chi connectivity index (χ4v) is 3.03. The first-order valence-corrected chi connectivity index (χ1v) is 7.50. The number of rotatable bonds is 3. The minimum absolute atomic E-state index is 0.112. The minimum Gasteiger partial charge on any atom is -0.374 e. The predicted molar refractivity (Wildman–Crippen MR) is 77.6 cm³/mol. The molecule has 1 aliphatic heterocycles. The molecule has 1 aromatic carbocycles. The molecule has 2 N–H and O–H groups in total. The molecule has 2 aliphatic rings. The maximum atomic E-state index is 12.3. The lowest BCUT2D eigenvalue weighted by Crippen LogP contribution is -2.46. The van der Waals surface area contributed by atoms with E-state index in [0.717, 1.165) is 39.0 Å². The number of carbonyl (C=O) groups is 1. The van der Waals surface area contributed by atoms with Gasteiger partial charge in [-0.3, -0.25) is 4.79 Å². The lowest BCUT2D eigenvalue weighted by molar-refractivity contribution is -0.126. The van der Waals surface area contributed by atoms with Gasteiger partial charge in [-0.05, 0) is 30.4 Å². The summed E-state index contributed by atoms with van der Waals surface area (Å²) in [4.78, 5) is 12.3. The maximum absolute atomic E-state index is 12.3. The molecule has 2 atom stereocenters. The van der Waals surface area contributed by atoms with E-state index in [4.69, 9.17) is 4.74 Å². The van der Waals surface area contributed by atoms with E-state index < -0.39 is 0 Å². The van der Waals surface area contributed by atoms with E-state index >= 15 is 0 Å². The summed E-state index contributed by atoms with van der Waals surface area (Å²) in [6.45, 7) is 3.08. The van der Waals surface area contributed by atoms with Crippen molar-refractivity contribution in [3.05, 3.63) is 35.4 Å². The van der Waals surface area contributed by atoms with Crippen LogP contribution in [0, 0.1) is 5.92 Å². The third kappa shape index (κ3) is 3.19. The Morgan fingerprint density at radius 3 is 3.00 bits per heavy atom. The second-order valence-electron chi connectivity index (χ2n) is 5.65. The molecule has 4 nitrogen and oxygen atoms in total. The predicted octanol–water partition coefficient (Wildman–Crippen LogP) is 0.896. The van der Waals surface area contributed by atoms with Gasteiger partial charge in [-0.25, -0.2) is 0 Å². The van der Waals surface area contributed by atoms with Gasteiger partial charge < -0.3 is 15.4 Å². The van der Waals surface area contributed by atoms with Crippen LogP contribution in [-0.4, -0.2) is 38.3 Å². The zero-order valence-corrected chi connectivity index (χ0v) is 11.7. The average molecular weight is 274 g/mol. The second kappa shape index (κ2) is 6.37. The molecule has 4 heteroatoms. The highest BCUT2D eigenvalue weighted by Gasteiger charge is 2.25. The van der Waals surface area contributed by atoms with Crippen molar-refractivity contribution in [1.82, 2.24) is 10.6 Å². The molecule has 1 amide bonds. The maximum Gasteiger partial charge on any atom is 0.223 e. The number of ether oxygens (including phenoxy) is 1. The summed E-state index contributed by atoms with van der Waals surface area (Å²) in [5.74, 6) is 0.287. The quantitative estimate of drug-likeness (QED) is 0.861. The first-order valence-electron chi connectivity index (χ1n) is 7.50. The molecule has 1 heterocycles. The Labute approximate surface area is 119 Å². The number of hydrogen-bond donors (Lipinski definition) is 2. The number of amides is 1. The van der Waals surface area contributed by atoms with Gasteiger partial charge in [-0.2, -0.15) is 0 Å². The monoisotopic (exact) mass is 274 g/mol. The molecule has 0 spiro atoms. The lowest BCUT2D eigenvalue weighted by atomic mass is 9.83. The van der Waals surface area contributed by atoms with Crippen LogP contribution in [0.1, 0.15) is 17.5 Å². The van der Waals surface area contributed by atoms with Gasteiger partial charge in [-0.1, -0.05) is 24.3 Å². The van der Waals surface area contributed by atoms with Gasteiger partial charge in [0.05, 0.1) is 12.7 Å². The van der Waals surface area contributed by atoms with Crippen LogP contribution in [0.5, 0.6) is 0 Å². The smallest absolute Gasteiger partial charge is 0.223 e. The first-order chi connectivity index (χ1) is 9.83. The Morgan fingerprint density at radius 1 is 1.35 bits per heavy atom. The highest BCUT2D eigenvalue weighted by atomic mass is 16.5. The van der Waals surface area contributed by atoms with E-state index in [2.05, 4.69) is 34.9 Å². The van der Waals surface area contributed by atoms with Gasteiger partial charge >= 0.3 is 0 Å². The van der Waals surface area contributed by atoms with Crippen LogP contribution < -0.4 is 10.6 Å². The molecule has 3 rings (SSSR count). The van der Waals surface area contributed by atoms with Gasteiger partial charge in [0, 0.05) is 25.6 Å². The highest BCUT2D eigenvalue weighted by Crippen LogP contribution is 2.25. The second-order valence-corrected chi connectivity index (χ2v) is 5.65. The molecule has 1 aliphatic carbocycles. The number of aryl methyl sites for hydroxylation is 1. The van der Waals surface area contributed by atoms with Crippen molar-refractivity contribution in [3.8, 4) is 0 Å². The summed E-state index contributed by atoms with van der Waals surface area (Å²) in [5, 5.41) is 6.32. The minimum atomic E-state index is 0.112. The van der Waals surface area contributed by atoms with E-state index in [-0.39, 0.29) is 17.9 Å². The number of carbonyl (C=O) groups excluding carboxylic acids is 1. The van der Waals surface area contributed by atoms with E-state index in [0.29, 0.717) is 6.54 Å². The summed E-state index contributed by atoms with van der Waals surface area (Å²) in [6, 6.07) is 8.45. The van der Waals surface area contributed by atoms with Crippen molar-refractivity contribution in [2.45, 2.75) is 25.4 Å². The number of nitrogens with one attached hydrogen (secondary N) is 2. The van der Waals surface area contributed by atoms with E-state index in [1.807, 2.05) is 0 Å². The molecule has 1 saturated heterocycles. The molecule has 20 heavy (non-hydrogen) atoms. The Hall–Kier alpha value is -1.39. The van der Waals surface area contributed by atoms with E-state index in [9.17, 15) is 4.79 Å². The molecular formula is C16H22N2O2. The van der Waals surface area contributed by atoms with E-state index in [1.54, 1.807) is 0 Å². The third-order valence-corrected chi connectivity index (χ3v) is 4.23. The summed E-state index contributed by atoms with van der Waals surface area (Å²) < 4.78 is 5.59. The third-order valence-electron chi connectivity index (χ3n) is 4.23. The zero-order valence-electron chi connectivity index (χ0n) is 11.7. The van der Waals surface area contributed by atoms with Gasteiger partial charge in [-0.15, -0.1) is 0 Å². The summed E-state index contributed by atoms with van der Waals surface area (Å²) in [7, 11) is 0. The van der Waals surface area contributed by atoms with Crippen molar-refractivity contribution in [2.75, 3.05) is 26.2 Å². The molecule has 0 bridgehead atoms. The Bertz CT molecular complexity index is 469. The summed E-state index contributed by atoms with van der Waals surface area (Å²) in [6.07, 6.45) is 2.94. The van der Waals surface area contributed by atoms with Crippen LogP contribution in [0.25, 0.3) is 0 Å². The van der Waals surface area contributed by atoms with Crippen molar-refractivity contribution in [1.29, 1.82) is 0 Å². The van der Waals surface area contributed by atoms with Crippen LogP contribution in [0.4, 0.5) is 0 Å². The van der Waals surface area contributed by atoms with Crippen molar-refractivity contribution >= 4 is 5.91 Å². The molecular weight excluding hydrogens is 252 g/mol. The number of fused-ring (bicyclic) bond motifs is 1. The number of benzene rings is 1. The van der Waals surface area contributed by atoms with Crippen LogP contribution in [0.3, 0.4) is 0 Å². The van der Waals surface area contributed by atoms with Crippen LogP contribution >= 0.6 is 0 Å². The topological polar surface area (TPSA) is 50.4 Å². The summed E-state index contributed by atoms with van der Waals surface area (Å²) >= 11 is 0. The summed E-state index contributed by atoms with van der Waals surface area (Å²) in [5.41, 5.74) is 2.73. The number of hydrogen-bond acceptors (Lipinski definition) is 3. The average Bonchev–Trinajstić information content (AvgIpc) is 2.53. The van der Waals surface area contributed by atoms with E-state index in [1.165, 1.54) is 11.1 Å². The van der Waals surface area contributed by atoms with Crippen molar-refractivity contribution < 1.29 is 9.53 Å².